The number of piperidine rings is 1. The van der Waals surface area contributed by atoms with Gasteiger partial charge in [-0.2, -0.15) is 0 Å². The van der Waals surface area contributed by atoms with Crippen LogP contribution >= 0.6 is 11.6 Å². The molecule has 3 nitrogen and oxygen atoms in total. The van der Waals surface area contributed by atoms with E-state index >= 15 is 0 Å². The van der Waals surface area contributed by atoms with Gasteiger partial charge in [0.2, 0.25) is 0 Å². The molecule has 0 aromatic heterocycles. The Morgan fingerprint density at radius 1 is 1.50 bits per heavy atom. The molecular formula is C14H20ClNO2. The van der Waals surface area contributed by atoms with Crippen LogP contribution in [-0.2, 0) is 0 Å². The first-order chi connectivity index (χ1) is 8.61. The summed E-state index contributed by atoms with van der Waals surface area (Å²) in [6.45, 7) is 3.79. The number of hydrogen-bond donors (Lipinski definition) is 2. The van der Waals surface area contributed by atoms with Gasteiger partial charge in [0.15, 0.2) is 0 Å². The summed E-state index contributed by atoms with van der Waals surface area (Å²) in [6.07, 6.45) is 1.67. The summed E-state index contributed by atoms with van der Waals surface area (Å²) in [5.41, 5.74) is 1.83. The average molecular weight is 270 g/mol. The average Bonchev–Trinajstić information content (AvgIpc) is 2.38. The fourth-order valence-electron chi connectivity index (χ4n) is 2.47. The molecule has 2 N–H and O–H groups in total. The molecule has 1 unspecified atom stereocenters. The smallest absolute Gasteiger partial charge is 0.0762 e. The Bertz CT molecular complexity index is 409. The Labute approximate surface area is 113 Å². The first kappa shape index (κ1) is 13.7. The van der Waals surface area contributed by atoms with E-state index in [2.05, 4.69) is 4.90 Å². The van der Waals surface area contributed by atoms with E-state index in [-0.39, 0.29) is 6.61 Å². The van der Waals surface area contributed by atoms with Crippen molar-refractivity contribution in [2.45, 2.75) is 25.9 Å². The van der Waals surface area contributed by atoms with Crippen LogP contribution in [0.4, 0.5) is 5.69 Å². The summed E-state index contributed by atoms with van der Waals surface area (Å²) in [6, 6.07) is 5.70. The lowest BCUT2D eigenvalue weighted by molar-refractivity contribution is 0.199. The Kier molecular flexibility index (Phi) is 4.49. The van der Waals surface area contributed by atoms with Crippen molar-refractivity contribution < 1.29 is 10.2 Å². The van der Waals surface area contributed by atoms with Crippen molar-refractivity contribution >= 4 is 17.3 Å². The quantitative estimate of drug-likeness (QED) is 0.887. The second kappa shape index (κ2) is 5.91. The van der Waals surface area contributed by atoms with Crippen molar-refractivity contribution in [1.82, 2.24) is 0 Å². The number of nitrogens with zero attached hydrogens (tertiary/aromatic N) is 1. The maximum atomic E-state index is 9.52. The van der Waals surface area contributed by atoms with E-state index < -0.39 is 6.10 Å². The highest BCUT2D eigenvalue weighted by molar-refractivity contribution is 6.33. The van der Waals surface area contributed by atoms with Gasteiger partial charge in [0.25, 0.3) is 0 Å². The second-order valence-corrected chi connectivity index (χ2v) is 5.43. The predicted molar refractivity (Wildman–Crippen MR) is 74.1 cm³/mol. The molecule has 2 atom stereocenters. The van der Waals surface area contributed by atoms with Gasteiger partial charge in [-0.25, -0.2) is 0 Å². The molecule has 0 amide bonds. The Morgan fingerprint density at radius 3 is 2.89 bits per heavy atom. The van der Waals surface area contributed by atoms with E-state index in [1.807, 2.05) is 18.2 Å². The van der Waals surface area contributed by atoms with E-state index in [4.69, 9.17) is 11.6 Å². The molecule has 1 fully saturated rings. The molecule has 1 heterocycles. The molecule has 18 heavy (non-hydrogen) atoms. The molecule has 2 rings (SSSR count). The fraction of sp³-hybridized carbons (Fsp3) is 0.571. The van der Waals surface area contributed by atoms with Crippen molar-refractivity contribution in [3.63, 3.8) is 0 Å². The van der Waals surface area contributed by atoms with Gasteiger partial charge in [-0.3, -0.25) is 0 Å². The number of aliphatic hydroxyl groups is 2. The topological polar surface area (TPSA) is 43.7 Å². The minimum Gasteiger partial charge on any atom is -0.396 e. The predicted octanol–water partition coefficient (Wildman–Crippen LogP) is 2.60. The van der Waals surface area contributed by atoms with Gasteiger partial charge in [0, 0.05) is 19.7 Å². The van der Waals surface area contributed by atoms with Gasteiger partial charge in [-0.15, -0.1) is 0 Å². The van der Waals surface area contributed by atoms with Gasteiger partial charge in [-0.1, -0.05) is 17.7 Å². The zero-order chi connectivity index (χ0) is 13.1. The lowest BCUT2D eigenvalue weighted by Gasteiger charge is -2.34. The molecule has 1 saturated heterocycles. The number of aliphatic hydroxyl groups excluding tert-OH is 2. The molecule has 1 aromatic rings. The molecule has 100 valence electrons. The molecule has 0 bridgehead atoms. The summed E-state index contributed by atoms with van der Waals surface area (Å²) in [4.78, 5) is 2.22. The summed E-state index contributed by atoms with van der Waals surface area (Å²) in [5, 5.41) is 19.4. The minimum absolute atomic E-state index is 0.236. The third-order valence-corrected chi connectivity index (χ3v) is 3.87. The number of hydrogen-bond acceptors (Lipinski definition) is 3. The van der Waals surface area contributed by atoms with Crippen LogP contribution in [0.1, 0.15) is 31.4 Å². The summed E-state index contributed by atoms with van der Waals surface area (Å²) in [5.74, 6) is 0.339. The summed E-state index contributed by atoms with van der Waals surface area (Å²) >= 11 is 6.28. The molecule has 0 aliphatic carbocycles. The Hall–Kier alpha value is -0.770. The van der Waals surface area contributed by atoms with Crippen LogP contribution in [0.15, 0.2) is 18.2 Å². The SMILES string of the molecule is C[C@H](O)c1ccc(N2CCCC(CO)C2)c(Cl)c1. The highest BCUT2D eigenvalue weighted by atomic mass is 35.5. The van der Waals surface area contributed by atoms with Gasteiger partial charge < -0.3 is 15.1 Å². The highest BCUT2D eigenvalue weighted by Gasteiger charge is 2.21. The van der Waals surface area contributed by atoms with Gasteiger partial charge in [0.1, 0.15) is 0 Å². The number of anilines is 1. The normalized spacial score (nSPS) is 22.0. The van der Waals surface area contributed by atoms with Crippen LogP contribution in [0.2, 0.25) is 5.02 Å². The number of halogens is 1. The molecule has 1 aliphatic heterocycles. The Balaban J connectivity index is 2.17. The van der Waals surface area contributed by atoms with Crippen LogP contribution in [0.25, 0.3) is 0 Å². The van der Waals surface area contributed by atoms with Crippen molar-refractivity contribution in [3.05, 3.63) is 28.8 Å². The third kappa shape index (κ3) is 2.97. The molecule has 1 aliphatic rings. The lowest BCUT2D eigenvalue weighted by Crippen LogP contribution is -2.36. The van der Waals surface area contributed by atoms with E-state index in [9.17, 15) is 10.2 Å². The first-order valence-electron chi connectivity index (χ1n) is 6.45. The standard InChI is InChI=1S/C14H20ClNO2/c1-10(18)12-4-5-14(13(15)7-12)16-6-2-3-11(8-16)9-17/h4-5,7,10-11,17-18H,2-3,6,8-9H2,1H3/t10-,11?/m0/s1. The van der Waals surface area contributed by atoms with Crippen LogP contribution in [0.5, 0.6) is 0 Å². The van der Waals surface area contributed by atoms with Crippen molar-refractivity contribution in [1.29, 1.82) is 0 Å². The molecule has 0 saturated carbocycles. The van der Waals surface area contributed by atoms with Crippen LogP contribution in [0, 0.1) is 5.92 Å². The highest BCUT2D eigenvalue weighted by Crippen LogP contribution is 2.31. The van der Waals surface area contributed by atoms with Gasteiger partial charge >= 0.3 is 0 Å². The fourth-order valence-corrected chi connectivity index (χ4v) is 2.78. The second-order valence-electron chi connectivity index (χ2n) is 5.02. The monoisotopic (exact) mass is 269 g/mol. The van der Waals surface area contributed by atoms with Crippen molar-refractivity contribution in [2.75, 3.05) is 24.6 Å². The number of benzene rings is 1. The zero-order valence-electron chi connectivity index (χ0n) is 10.6. The van der Waals surface area contributed by atoms with E-state index in [0.717, 1.165) is 37.2 Å². The molecule has 4 heteroatoms. The molecule has 0 radical (unpaired) electrons. The van der Waals surface area contributed by atoms with Gasteiger partial charge in [-0.05, 0) is 43.4 Å². The van der Waals surface area contributed by atoms with E-state index in [1.54, 1.807) is 6.92 Å². The van der Waals surface area contributed by atoms with Gasteiger partial charge in [0.05, 0.1) is 16.8 Å². The first-order valence-corrected chi connectivity index (χ1v) is 6.83. The third-order valence-electron chi connectivity index (χ3n) is 3.57. The van der Waals surface area contributed by atoms with Crippen LogP contribution < -0.4 is 4.90 Å². The molecule has 1 aromatic carbocycles. The summed E-state index contributed by atoms with van der Waals surface area (Å²) < 4.78 is 0. The summed E-state index contributed by atoms with van der Waals surface area (Å²) in [7, 11) is 0. The van der Waals surface area contributed by atoms with E-state index in [1.165, 1.54) is 0 Å². The largest absolute Gasteiger partial charge is 0.396 e. The number of rotatable bonds is 3. The Morgan fingerprint density at radius 2 is 2.28 bits per heavy atom. The zero-order valence-corrected chi connectivity index (χ0v) is 11.4. The molecular weight excluding hydrogens is 250 g/mol. The molecule has 0 spiro atoms. The van der Waals surface area contributed by atoms with Crippen LogP contribution in [-0.4, -0.2) is 29.9 Å². The van der Waals surface area contributed by atoms with Crippen LogP contribution in [0.3, 0.4) is 0 Å². The lowest BCUT2D eigenvalue weighted by atomic mass is 9.98. The minimum atomic E-state index is -0.497. The van der Waals surface area contributed by atoms with Crippen molar-refractivity contribution in [2.24, 2.45) is 5.92 Å². The van der Waals surface area contributed by atoms with Crippen molar-refractivity contribution in [3.8, 4) is 0 Å². The maximum absolute atomic E-state index is 9.52. The maximum Gasteiger partial charge on any atom is 0.0762 e. The van der Waals surface area contributed by atoms with E-state index in [0.29, 0.717) is 10.9 Å².